The third kappa shape index (κ3) is 3.43. The Labute approximate surface area is 35.8 Å². The van der Waals surface area contributed by atoms with Gasteiger partial charge in [0, 0.05) is 6.54 Å². The molecule has 0 aliphatic carbocycles. The van der Waals surface area contributed by atoms with Crippen molar-refractivity contribution in [2.45, 2.75) is 6.42 Å². The molecule has 0 aromatic rings. The molecule has 0 saturated heterocycles. The molecule has 3 heteroatoms. The van der Waals surface area contributed by atoms with E-state index < -0.39 is 5.97 Å². The minimum Gasteiger partial charge on any atom is -0.481 e. The molecule has 0 aliphatic rings. The molecule has 0 atom stereocenters. The summed E-state index contributed by atoms with van der Waals surface area (Å²) >= 11 is 0. The van der Waals surface area contributed by atoms with Crippen molar-refractivity contribution in [1.29, 1.82) is 0 Å². The monoisotopic (exact) mass is 90.1 g/mol. The summed E-state index contributed by atoms with van der Waals surface area (Å²) in [6.45, 7) is 0.231. The van der Waals surface area contributed by atoms with Crippen molar-refractivity contribution in [3.63, 3.8) is 0 Å². The number of aliphatic carboxylic acids is 1. The maximum Gasteiger partial charge on any atom is 0.304 e. The zero-order valence-corrected chi connectivity index (χ0v) is 3.35. The van der Waals surface area contributed by atoms with E-state index in [-0.39, 0.29) is 13.0 Å². The van der Waals surface area contributed by atoms with E-state index in [1.165, 1.54) is 0 Å². The largest absolute Gasteiger partial charge is 0.481 e. The van der Waals surface area contributed by atoms with Crippen LogP contribution in [0.5, 0.6) is 0 Å². The van der Waals surface area contributed by atoms with Gasteiger partial charge in [0.05, 0.1) is 6.42 Å². The molecule has 0 aromatic heterocycles. The van der Waals surface area contributed by atoms with E-state index in [4.69, 9.17) is 10.8 Å². The van der Waals surface area contributed by atoms with Crippen LogP contribution in [0.1, 0.15) is 6.42 Å². The fraction of sp³-hybridized carbons (Fsp3) is 0.667. The van der Waals surface area contributed by atoms with Crippen molar-refractivity contribution in [3.8, 4) is 0 Å². The van der Waals surface area contributed by atoms with Gasteiger partial charge in [0.1, 0.15) is 0 Å². The van der Waals surface area contributed by atoms with Crippen LogP contribution in [0.2, 0.25) is 0 Å². The van der Waals surface area contributed by atoms with Crippen LogP contribution in [-0.4, -0.2) is 17.6 Å². The summed E-state index contributed by atoms with van der Waals surface area (Å²) in [5.74, 6) is -0.836. The first-order valence-corrected chi connectivity index (χ1v) is 1.69. The summed E-state index contributed by atoms with van der Waals surface area (Å²) in [6.07, 6.45) is 0.0694. The Morgan fingerprint density at radius 2 is 2.33 bits per heavy atom. The highest BCUT2D eigenvalue weighted by molar-refractivity contribution is 5.66. The highest BCUT2D eigenvalue weighted by Crippen LogP contribution is 1.67. The fourth-order valence-corrected chi connectivity index (χ4v) is 0.123. The molecule has 3 N–H and O–H groups in total. The second-order valence-corrected chi connectivity index (χ2v) is 0.932. The van der Waals surface area contributed by atoms with Gasteiger partial charge in [0.2, 0.25) is 0 Å². The lowest BCUT2D eigenvalue weighted by Gasteiger charge is -1.80. The molecule has 0 amide bonds. The van der Waals surface area contributed by atoms with Gasteiger partial charge in [0.15, 0.2) is 0 Å². The SMILES string of the molecule is N[13CH2]CC(=O)O. The highest BCUT2D eigenvalue weighted by atomic mass is 16.4. The summed E-state index contributed by atoms with van der Waals surface area (Å²) in [6, 6.07) is 0. The molecule has 0 rings (SSSR count). The van der Waals surface area contributed by atoms with Crippen molar-refractivity contribution in [1.82, 2.24) is 0 Å². The lowest BCUT2D eigenvalue weighted by atomic mass is 10.6. The normalized spacial score (nSPS) is 8.17. The van der Waals surface area contributed by atoms with E-state index >= 15 is 0 Å². The van der Waals surface area contributed by atoms with E-state index in [9.17, 15) is 4.79 Å². The Bertz CT molecular complexity index is 52.8. The molecule has 0 saturated carbocycles. The Hall–Kier alpha value is -0.570. The molecule has 3 nitrogen and oxygen atoms in total. The van der Waals surface area contributed by atoms with Crippen LogP contribution in [-0.2, 0) is 4.79 Å². The number of hydrogen-bond donors (Lipinski definition) is 2. The van der Waals surface area contributed by atoms with Gasteiger partial charge in [-0.25, -0.2) is 0 Å². The number of carbonyl (C=O) groups is 1. The molecule has 0 aliphatic heterocycles. The Kier molecular flexibility index (Phi) is 2.40. The van der Waals surface area contributed by atoms with Crippen LogP contribution in [0.15, 0.2) is 0 Å². The van der Waals surface area contributed by atoms with Gasteiger partial charge in [-0.3, -0.25) is 4.79 Å². The number of carboxylic acids is 1. The van der Waals surface area contributed by atoms with Crippen molar-refractivity contribution in [2.75, 3.05) is 6.54 Å². The summed E-state index contributed by atoms with van der Waals surface area (Å²) in [5, 5.41) is 7.83. The van der Waals surface area contributed by atoms with Crippen LogP contribution < -0.4 is 5.73 Å². The smallest absolute Gasteiger partial charge is 0.304 e. The highest BCUT2D eigenvalue weighted by Gasteiger charge is 1.87. The molecule has 36 valence electrons. The van der Waals surface area contributed by atoms with E-state index in [2.05, 4.69) is 0 Å². The molecule has 0 unspecified atom stereocenters. The third-order valence-electron chi connectivity index (χ3n) is 0.358. The van der Waals surface area contributed by atoms with Gasteiger partial charge in [-0.1, -0.05) is 0 Å². The fourth-order valence-electron chi connectivity index (χ4n) is 0.123. The summed E-state index contributed by atoms with van der Waals surface area (Å²) in [5.41, 5.74) is 4.85. The van der Waals surface area contributed by atoms with Crippen molar-refractivity contribution in [2.24, 2.45) is 5.73 Å². The molecular weight excluding hydrogens is 83.0 g/mol. The van der Waals surface area contributed by atoms with Crippen LogP contribution in [0, 0.1) is 0 Å². The van der Waals surface area contributed by atoms with Gasteiger partial charge < -0.3 is 10.8 Å². The van der Waals surface area contributed by atoms with Crippen LogP contribution >= 0.6 is 0 Å². The maximum atomic E-state index is 9.52. The minimum absolute atomic E-state index is 0.0694. The first-order valence-electron chi connectivity index (χ1n) is 1.69. The molecule has 0 aromatic carbocycles. The lowest BCUT2D eigenvalue weighted by Crippen LogP contribution is -2.05. The van der Waals surface area contributed by atoms with Crippen molar-refractivity contribution in [3.05, 3.63) is 0 Å². The summed E-state index contributed by atoms with van der Waals surface area (Å²) in [7, 11) is 0. The molecule has 0 bridgehead atoms. The second-order valence-electron chi connectivity index (χ2n) is 0.932. The van der Waals surface area contributed by atoms with Gasteiger partial charge in [0.25, 0.3) is 0 Å². The lowest BCUT2D eigenvalue weighted by molar-refractivity contribution is -0.136. The average molecular weight is 90.1 g/mol. The number of hydrogen-bond acceptors (Lipinski definition) is 2. The number of nitrogens with two attached hydrogens (primary N) is 1. The zero-order chi connectivity index (χ0) is 4.99. The van der Waals surface area contributed by atoms with Gasteiger partial charge in [-0.05, 0) is 0 Å². The number of rotatable bonds is 2. The van der Waals surface area contributed by atoms with Crippen LogP contribution in [0.3, 0.4) is 0 Å². The zero-order valence-electron chi connectivity index (χ0n) is 3.35. The molecule has 0 heterocycles. The van der Waals surface area contributed by atoms with E-state index in [1.807, 2.05) is 0 Å². The second kappa shape index (κ2) is 2.66. The number of carboxylic acid groups (broad SMARTS) is 1. The van der Waals surface area contributed by atoms with Crippen molar-refractivity contribution < 1.29 is 9.90 Å². The first kappa shape index (κ1) is 5.43. The molecule has 0 radical (unpaired) electrons. The Morgan fingerprint density at radius 1 is 1.83 bits per heavy atom. The predicted octanol–water partition coefficient (Wildman–Crippen LogP) is -0.580. The standard InChI is InChI=1S/C3H7NO2/c4-2-1-3(5)6/h1-2,4H2,(H,5,6)/i2+1. The quantitative estimate of drug-likeness (QED) is 0.446. The van der Waals surface area contributed by atoms with Crippen LogP contribution in [0.4, 0.5) is 0 Å². The first-order chi connectivity index (χ1) is 2.77. The summed E-state index contributed by atoms with van der Waals surface area (Å²) < 4.78 is 0. The van der Waals surface area contributed by atoms with E-state index in [1.54, 1.807) is 0 Å². The van der Waals surface area contributed by atoms with Gasteiger partial charge in [-0.2, -0.15) is 0 Å². The topological polar surface area (TPSA) is 63.3 Å². The average Bonchev–Trinajstić information content (AvgIpc) is 1.35. The van der Waals surface area contributed by atoms with E-state index in [0.717, 1.165) is 0 Å². The third-order valence-corrected chi connectivity index (χ3v) is 0.358. The van der Waals surface area contributed by atoms with Gasteiger partial charge >= 0.3 is 5.97 Å². The molecule has 0 fully saturated rings. The Balaban J connectivity index is 2.83. The molecule has 6 heavy (non-hydrogen) atoms. The minimum atomic E-state index is -0.836. The molecular formula is C3H7NO2. The summed E-state index contributed by atoms with van der Waals surface area (Å²) in [4.78, 5) is 9.52. The Morgan fingerprint density at radius 3 is 2.33 bits per heavy atom. The predicted molar refractivity (Wildman–Crippen MR) is 21.3 cm³/mol. The van der Waals surface area contributed by atoms with Crippen LogP contribution in [0.25, 0.3) is 0 Å². The molecule has 0 spiro atoms. The van der Waals surface area contributed by atoms with Gasteiger partial charge in [-0.15, -0.1) is 0 Å². The van der Waals surface area contributed by atoms with E-state index in [0.29, 0.717) is 0 Å². The van der Waals surface area contributed by atoms with Crippen molar-refractivity contribution >= 4 is 5.97 Å². The maximum absolute atomic E-state index is 9.52.